The Labute approximate surface area is 135 Å². The molecule has 0 unspecified atom stereocenters. The van der Waals surface area contributed by atoms with E-state index < -0.39 is 0 Å². The fourth-order valence-electron chi connectivity index (χ4n) is 2.01. The van der Waals surface area contributed by atoms with Crippen LogP contribution in [0.1, 0.15) is 42.6 Å². The van der Waals surface area contributed by atoms with Crippen molar-refractivity contribution in [2.45, 2.75) is 39.8 Å². The van der Waals surface area contributed by atoms with Gasteiger partial charge in [0, 0.05) is 18.2 Å². The molecular weight excluding hydrogens is 295 g/mol. The van der Waals surface area contributed by atoms with Crippen LogP contribution in [0, 0.1) is 12.7 Å². The normalized spacial score (nSPS) is 11.2. The lowest BCUT2D eigenvalue weighted by Gasteiger charge is -2.21. The Morgan fingerprint density at radius 1 is 1.17 bits per heavy atom. The van der Waals surface area contributed by atoms with Gasteiger partial charge in [-0.1, -0.05) is 12.1 Å². The third-order valence-electron chi connectivity index (χ3n) is 2.94. The molecule has 0 saturated carbocycles. The summed E-state index contributed by atoms with van der Waals surface area (Å²) in [5.41, 5.74) is 0.952. The zero-order valence-electron chi connectivity index (χ0n) is 13.8. The molecule has 1 aromatic heterocycles. The molecule has 0 atom stereocenters. The number of aryl methyl sites for hydroxylation is 1. The van der Waals surface area contributed by atoms with Gasteiger partial charge in [-0.25, -0.2) is 14.4 Å². The van der Waals surface area contributed by atoms with Crippen LogP contribution >= 0.6 is 0 Å². The summed E-state index contributed by atoms with van der Waals surface area (Å²) in [6, 6.07) is 7.61. The van der Waals surface area contributed by atoms with Gasteiger partial charge in [-0.3, -0.25) is 4.79 Å². The minimum atomic E-state index is -0.301. The fraction of sp³-hybridized carbons (Fsp3) is 0.353. The minimum Gasteiger partial charge on any atom is -0.365 e. The molecule has 5 nitrogen and oxygen atoms in total. The Morgan fingerprint density at radius 3 is 2.43 bits per heavy atom. The summed E-state index contributed by atoms with van der Waals surface area (Å²) in [4.78, 5) is 20.7. The number of aromatic nitrogens is 2. The van der Waals surface area contributed by atoms with Gasteiger partial charge < -0.3 is 10.6 Å². The second-order valence-electron chi connectivity index (χ2n) is 6.37. The quantitative estimate of drug-likeness (QED) is 0.910. The van der Waals surface area contributed by atoms with Crippen LogP contribution in [0.25, 0.3) is 0 Å². The van der Waals surface area contributed by atoms with Gasteiger partial charge in [0.25, 0.3) is 5.91 Å². The third kappa shape index (κ3) is 5.32. The van der Waals surface area contributed by atoms with Crippen LogP contribution in [0.5, 0.6) is 0 Å². The molecule has 0 radical (unpaired) electrons. The van der Waals surface area contributed by atoms with Crippen molar-refractivity contribution < 1.29 is 9.18 Å². The predicted molar refractivity (Wildman–Crippen MR) is 87.7 cm³/mol. The van der Waals surface area contributed by atoms with Gasteiger partial charge in [0.1, 0.15) is 23.2 Å². The standard InChI is InChI=1S/C17H21FN4O/c1-11-20-14(9-15(21-11)22-17(2,3)4)16(23)19-10-12-5-7-13(18)8-6-12/h5-9H,10H2,1-4H3,(H,19,23)(H,20,21,22). The van der Waals surface area contributed by atoms with Gasteiger partial charge in [-0.15, -0.1) is 0 Å². The lowest BCUT2D eigenvalue weighted by atomic mass is 10.1. The monoisotopic (exact) mass is 316 g/mol. The summed E-state index contributed by atoms with van der Waals surface area (Å²) in [5.74, 6) is 0.532. The van der Waals surface area contributed by atoms with Gasteiger partial charge in [-0.05, 0) is 45.4 Å². The summed E-state index contributed by atoms with van der Waals surface area (Å²) in [6.45, 7) is 8.09. The molecule has 2 rings (SSSR count). The average Bonchev–Trinajstić information content (AvgIpc) is 2.44. The second-order valence-corrected chi connectivity index (χ2v) is 6.37. The molecule has 2 aromatic rings. The summed E-state index contributed by atoms with van der Waals surface area (Å²) < 4.78 is 12.9. The number of nitrogens with one attached hydrogen (secondary N) is 2. The van der Waals surface area contributed by atoms with Gasteiger partial charge in [0.05, 0.1) is 0 Å². The first-order valence-electron chi connectivity index (χ1n) is 7.39. The predicted octanol–water partition coefficient (Wildman–Crippen LogP) is 3.06. The Balaban J connectivity index is 2.08. The molecule has 0 aliphatic rings. The van der Waals surface area contributed by atoms with Gasteiger partial charge in [-0.2, -0.15) is 0 Å². The highest BCUT2D eigenvalue weighted by Crippen LogP contribution is 2.13. The number of benzene rings is 1. The van der Waals surface area contributed by atoms with E-state index in [4.69, 9.17) is 0 Å². The van der Waals surface area contributed by atoms with Crippen LogP contribution in [-0.4, -0.2) is 21.4 Å². The maximum absolute atomic E-state index is 12.9. The Hall–Kier alpha value is -2.50. The van der Waals surface area contributed by atoms with Crippen molar-refractivity contribution in [3.63, 3.8) is 0 Å². The third-order valence-corrected chi connectivity index (χ3v) is 2.94. The molecule has 2 N–H and O–H groups in total. The highest BCUT2D eigenvalue weighted by atomic mass is 19.1. The fourth-order valence-corrected chi connectivity index (χ4v) is 2.01. The maximum Gasteiger partial charge on any atom is 0.270 e. The summed E-state index contributed by atoms with van der Waals surface area (Å²) >= 11 is 0. The van der Waals surface area contributed by atoms with E-state index >= 15 is 0 Å². The van der Waals surface area contributed by atoms with Crippen molar-refractivity contribution in [2.75, 3.05) is 5.32 Å². The number of carbonyl (C=O) groups excluding carboxylic acids is 1. The molecule has 6 heteroatoms. The zero-order valence-corrected chi connectivity index (χ0v) is 13.8. The molecule has 1 aromatic carbocycles. The van der Waals surface area contributed by atoms with Crippen LogP contribution < -0.4 is 10.6 Å². The van der Waals surface area contributed by atoms with Crippen molar-refractivity contribution in [3.8, 4) is 0 Å². The van der Waals surface area contributed by atoms with E-state index in [1.807, 2.05) is 20.8 Å². The zero-order chi connectivity index (χ0) is 17.0. The molecule has 1 amide bonds. The number of halogens is 1. The first kappa shape index (κ1) is 16.9. The minimum absolute atomic E-state index is 0.164. The van der Waals surface area contributed by atoms with Crippen LogP contribution in [0.15, 0.2) is 30.3 Å². The lowest BCUT2D eigenvalue weighted by molar-refractivity contribution is 0.0945. The smallest absolute Gasteiger partial charge is 0.270 e. The first-order chi connectivity index (χ1) is 10.7. The van der Waals surface area contributed by atoms with E-state index in [2.05, 4.69) is 20.6 Å². The van der Waals surface area contributed by atoms with Gasteiger partial charge >= 0.3 is 0 Å². The van der Waals surface area contributed by atoms with Crippen LogP contribution in [-0.2, 0) is 6.54 Å². The van der Waals surface area contributed by atoms with E-state index in [-0.39, 0.29) is 17.3 Å². The highest BCUT2D eigenvalue weighted by molar-refractivity contribution is 5.92. The summed E-state index contributed by atoms with van der Waals surface area (Å²) in [5, 5.41) is 6.00. The molecule has 122 valence electrons. The number of rotatable bonds is 4. The first-order valence-corrected chi connectivity index (χ1v) is 7.39. The summed E-state index contributed by atoms with van der Waals surface area (Å²) in [7, 11) is 0. The SMILES string of the molecule is Cc1nc(NC(C)(C)C)cc(C(=O)NCc2ccc(F)cc2)n1. The number of carbonyl (C=O) groups is 1. The van der Waals surface area contributed by atoms with Crippen molar-refractivity contribution in [3.05, 3.63) is 53.2 Å². The Kier molecular flexibility index (Phi) is 4.93. The van der Waals surface area contributed by atoms with Crippen molar-refractivity contribution in [1.29, 1.82) is 0 Å². The maximum atomic E-state index is 12.9. The number of nitrogens with zero attached hydrogens (tertiary/aromatic N) is 2. The van der Waals surface area contributed by atoms with Crippen LogP contribution in [0.2, 0.25) is 0 Å². The topological polar surface area (TPSA) is 66.9 Å². The number of hydrogen-bond acceptors (Lipinski definition) is 4. The van der Waals surface area contributed by atoms with E-state index in [1.54, 1.807) is 25.1 Å². The number of hydrogen-bond donors (Lipinski definition) is 2. The molecule has 0 aliphatic carbocycles. The van der Waals surface area contributed by atoms with Gasteiger partial charge in [0.15, 0.2) is 0 Å². The number of anilines is 1. The van der Waals surface area contributed by atoms with E-state index in [9.17, 15) is 9.18 Å². The molecule has 0 saturated heterocycles. The molecule has 0 spiro atoms. The van der Waals surface area contributed by atoms with Crippen molar-refractivity contribution >= 4 is 11.7 Å². The Morgan fingerprint density at radius 2 is 1.83 bits per heavy atom. The van der Waals surface area contributed by atoms with Crippen LogP contribution in [0.3, 0.4) is 0 Å². The highest BCUT2D eigenvalue weighted by Gasteiger charge is 2.14. The van der Waals surface area contributed by atoms with Gasteiger partial charge in [0.2, 0.25) is 0 Å². The average molecular weight is 316 g/mol. The van der Waals surface area contributed by atoms with E-state index in [0.29, 0.717) is 23.9 Å². The largest absolute Gasteiger partial charge is 0.365 e. The molecule has 0 bridgehead atoms. The van der Waals surface area contributed by atoms with E-state index in [1.165, 1.54) is 12.1 Å². The second kappa shape index (κ2) is 6.73. The van der Waals surface area contributed by atoms with Crippen molar-refractivity contribution in [1.82, 2.24) is 15.3 Å². The Bertz CT molecular complexity index is 693. The molecule has 1 heterocycles. The van der Waals surface area contributed by atoms with E-state index in [0.717, 1.165) is 5.56 Å². The van der Waals surface area contributed by atoms with Crippen LogP contribution in [0.4, 0.5) is 10.2 Å². The van der Waals surface area contributed by atoms with Crippen molar-refractivity contribution in [2.24, 2.45) is 0 Å². The molecule has 23 heavy (non-hydrogen) atoms. The number of amides is 1. The molecule has 0 fully saturated rings. The molecule has 0 aliphatic heterocycles. The summed E-state index contributed by atoms with van der Waals surface area (Å²) in [6.07, 6.45) is 0. The molecular formula is C17H21FN4O. The lowest BCUT2D eigenvalue weighted by Crippen LogP contribution is -2.28.